The second kappa shape index (κ2) is 60.3. The molecule has 618 valence electrons. The molecule has 2 aromatic carbocycles. The van der Waals surface area contributed by atoms with E-state index in [1.807, 2.05) is 6.07 Å². The summed E-state index contributed by atoms with van der Waals surface area (Å²) in [5.41, 5.74) is -0.785. The molecular weight excluding hydrogens is 1580 g/mol. The van der Waals surface area contributed by atoms with Crippen molar-refractivity contribution in [1.82, 2.24) is 0 Å². The van der Waals surface area contributed by atoms with E-state index in [-0.39, 0.29) is 131 Å². The van der Waals surface area contributed by atoms with Crippen molar-refractivity contribution in [2.45, 2.75) is 168 Å². The van der Waals surface area contributed by atoms with Crippen molar-refractivity contribution < 1.29 is 133 Å². The molecule has 0 bridgehead atoms. The number of Topliss-reactive ketones (excluding diaryl/α,β-unsaturated/α-hetero) is 8. The molecule has 2 saturated carbocycles. The molecule has 2 aliphatic carbocycles. The number of methoxy groups -OCH3 is 1. The van der Waals surface area contributed by atoms with Crippen LogP contribution >= 0.6 is 39.1 Å². The van der Waals surface area contributed by atoms with Crippen LogP contribution in [0.2, 0.25) is 0 Å². The van der Waals surface area contributed by atoms with Crippen LogP contribution in [0.25, 0.3) is 0 Å². The van der Waals surface area contributed by atoms with E-state index in [9.17, 15) is 85.5 Å². The zero-order chi connectivity index (χ0) is 85.6. The average molecular weight is 1680 g/mol. The van der Waals surface area contributed by atoms with Crippen LogP contribution in [0.4, 0.5) is 8.78 Å². The van der Waals surface area contributed by atoms with E-state index in [2.05, 4.69) is 76.2 Å². The first kappa shape index (κ1) is 105. The van der Waals surface area contributed by atoms with Crippen molar-refractivity contribution in [3.8, 4) is 0 Å². The van der Waals surface area contributed by atoms with Crippen molar-refractivity contribution in [2.75, 3.05) is 71.7 Å². The minimum absolute atomic E-state index is 0.0151. The fourth-order valence-corrected chi connectivity index (χ4v) is 9.71. The molecule has 4 aliphatic rings. The Kier molecular flexibility index (Phi) is 56.3. The summed E-state index contributed by atoms with van der Waals surface area (Å²) in [7, 11) is 1.18. The quantitative estimate of drug-likeness (QED) is 0.0122. The van der Waals surface area contributed by atoms with Crippen LogP contribution < -0.4 is 0 Å². The fourth-order valence-electron chi connectivity index (χ4n) is 9.11. The lowest BCUT2D eigenvalue weighted by atomic mass is 9.85. The Morgan fingerprint density at radius 1 is 0.464 bits per heavy atom. The summed E-state index contributed by atoms with van der Waals surface area (Å²) in [5.74, 6) is -9.37. The van der Waals surface area contributed by atoms with E-state index >= 15 is 0 Å². The summed E-state index contributed by atoms with van der Waals surface area (Å²) < 4.78 is 71.5. The number of halogens is 5. The van der Waals surface area contributed by atoms with Crippen LogP contribution in [0.5, 0.6) is 0 Å². The van der Waals surface area contributed by atoms with E-state index < -0.39 is 81.7 Å². The van der Waals surface area contributed by atoms with Crippen molar-refractivity contribution >= 4 is 133 Å². The van der Waals surface area contributed by atoms with E-state index in [0.29, 0.717) is 36.9 Å². The minimum atomic E-state index is -3.21. The monoisotopic (exact) mass is 1680 g/mol. The molecule has 112 heavy (non-hydrogen) atoms. The number of ether oxygens (including phenoxy) is 10. The van der Waals surface area contributed by atoms with Gasteiger partial charge in [0, 0.05) is 30.3 Å². The van der Waals surface area contributed by atoms with Gasteiger partial charge in [0.2, 0.25) is 5.78 Å². The van der Waals surface area contributed by atoms with Crippen LogP contribution in [-0.4, -0.2) is 195 Å². The number of alkyl halides is 5. The van der Waals surface area contributed by atoms with Crippen molar-refractivity contribution in [3.63, 3.8) is 0 Å². The van der Waals surface area contributed by atoms with E-state index in [1.165, 1.54) is 40.2 Å². The summed E-state index contributed by atoms with van der Waals surface area (Å²) in [4.78, 5) is 177. The maximum atomic E-state index is 12.0. The van der Waals surface area contributed by atoms with Gasteiger partial charge in [0.05, 0.1) is 90.7 Å². The van der Waals surface area contributed by atoms with Gasteiger partial charge in [-0.1, -0.05) is 155 Å². The lowest BCUT2D eigenvalue weighted by molar-refractivity contribution is -0.147. The third-order valence-electron chi connectivity index (χ3n) is 15.4. The molecule has 0 spiro atoms. The highest BCUT2D eigenvalue weighted by atomic mass is 79.9. The molecule has 0 N–H and O–H groups in total. The van der Waals surface area contributed by atoms with Crippen molar-refractivity contribution in [1.29, 1.82) is 0 Å². The Labute approximate surface area is 670 Å². The lowest BCUT2D eigenvalue weighted by Crippen LogP contribution is -2.21. The molecule has 0 aromatic heterocycles. The highest BCUT2D eigenvalue weighted by Crippen LogP contribution is 2.27. The smallest absolute Gasteiger partial charge is 0.341 e. The van der Waals surface area contributed by atoms with Gasteiger partial charge >= 0.3 is 54.2 Å². The van der Waals surface area contributed by atoms with E-state index in [0.717, 1.165) is 70.8 Å². The number of rotatable bonds is 33. The Balaban J connectivity index is 0. The Hall–Kier alpha value is -9.42. The van der Waals surface area contributed by atoms with Gasteiger partial charge in [-0.15, -0.1) is 23.2 Å². The zero-order valence-corrected chi connectivity index (χ0v) is 67.8. The summed E-state index contributed by atoms with van der Waals surface area (Å²) in [6.45, 7) is 37.2. The molecule has 4 fully saturated rings. The number of hydrogen-bond donors (Lipinski definition) is 0. The number of carbonyl (C=O) groups is 16. The van der Waals surface area contributed by atoms with Crippen LogP contribution in [-0.2, 0) is 114 Å². The molecule has 0 radical (unpaired) electrons. The summed E-state index contributed by atoms with van der Waals surface area (Å²) in [5, 5.41) is 0. The van der Waals surface area contributed by atoms with Gasteiger partial charge in [-0.2, -0.15) is 0 Å². The molecular formula is C81H103BrCl2F2O26. The normalized spacial score (nSPS) is 14.5. The van der Waals surface area contributed by atoms with Gasteiger partial charge < -0.3 is 47.4 Å². The SMILES string of the molecule is C=C(C(=O)CCl)C(=O)OC.C=C(C(=O)CCl)C(=O)OC(C)C.C=C(C(=O)OCC)C(=O)C(C)Br.C=C(C(=O)OCC)C(=O)C(F)F.C=C(C(=O)OCC1CCCC1)C(=O)c1ccccc1.C=C(C(=O)OCC1CCCO1)C(=O)c1ccccc1.C=C(C(C)=O)C(=O)OCC1CCCO1.CCOC(=O)CC(=O)C1CCCCC1. The van der Waals surface area contributed by atoms with Gasteiger partial charge in [-0.05, 0) is 106 Å². The summed E-state index contributed by atoms with van der Waals surface area (Å²) in [6.07, 6.45) is 10.2. The topological polar surface area (TPSA) is 365 Å². The predicted octanol–water partition coefficient (Wildman–Crippen LogP) is 12.5. The second-order valence-electron chi connectivity index (χ2n) is 24.4. The van der Waals surface area contributed by atoms with Crippen LogP contribution in [0.15, 0.2) is 146 Å². The van der Waals surface area contributed by atoms with Gasteiger partial charge in [-0.3, -0.25) is 43.2 Å². The Bertz CT molecular complexity index is 3410. The molecule has 0 amide bonds. The highest BCUT2D eigenvalue weighted by molar-refractivity contribution is 9.10. The first-order valence-electron chi connectivity index (χ1n) is 35.6. The molecule has 3 atom stereocenters. The second-order valence-corrected chi connectivity index (χ2v) is 26.3. The number of benzene rings is 2. The molecule has 3 unspecified atom stereocenters. The average Bonchev–Trinajstić information content (AvgIpc) is 0.916. The maximum absolute atomic E-state index is 12.0. The third kappa shape index (κ3) is 44.6. The molecule has 2 heterocycles. The standard InChI is InChI=1S/C16H18O3.C15H16O4.C11H18O3.C10H14O4.C8H11BrO3.C8H11ClO3.C7H8F2O3.C6H7ClO3/c1-12(15(17)14-9-3-2-4-10-14)16(18)19-11-13-7-5-6-8-13;1-11(14(16)12-6-3-2-4-7-12)15(17)19-10-13-8-5-9-18-13;1-2-14-11(13)8-10(12)9-6-4-3-5-7-9;1-7(8(2)11)10(12)14-6-9-4-3-5-13-9;1-4-12-8(11)5(2)7(10)6(3)9;1-5(2)12-8(11)6(3)7(10)4-9;1-3-12-7(11)4(2)5(10)6(8)9;1-4(5(8)3-7)6(9)10-2/h2-4,9-10,13H,1,5-8,11H2;2-4,6-7,13H,1,5,8-10H2;9H,2-8H2,1H3;9H,1,3-6H2,2H3;6H,2,4H2,1,3H3;5H,3-4H2,1-2H3;6H,2-3H2,1H3;1,3H2,2H3. The summed E-state index contributed by atoms with van der Waals surface area (Å²) >= 11 is 13.4. The predicted molar refractivity (Wildman–Crippen MR) is 414 cm³/mol. The molecule has 2 aliphatic heterocycles. The van der Waals surface area contributed by atoms with E-state index in [1.54, 1.807) is 89.2 Å². The van der Waals surface area contributed by atoms with Crippen LogP contribution in [0.3, 0.4) is 0 Å². The zero-order valence-electron chi connectivity index (χ0n) is 64.7. The molecule has 2 aromatic rings. The van der Waals surface area contributed by atoms with Crippen LogP contribution in [0, 0.1) is 11.8 Å². The minimum Gasteiger partial charge on any atom is -0.466 e. The molecule has 6 rings (SSSR count). The van der Waals surface area contributed by atoms with Crippen LogP contribution in [0.1, 0.15) is 159 Å². The van der Waals surface area contributed by atoms with Gasteiger partial charge in [0.15, 0.2) is 34.7 Å². The van der Waals surface area contributed by atoms with Gasteiger partial charge in [-0.25, -0.2) is 42.3 Å². The third-order valence-corrected chi connectivity index (χ3v) is 16.3. The maximum Gasteiger partial charge on any atom is 0.341 e. The largest absolute Gasteiger partial charge is 0.466 e. The molecule has 26 nitrogen and oxygen atoms in total. The molecule has 2 saturated heterocycles. The van der Waals surface area contributed by atoms with Gasteiger partial charge in [0.25, 0.3) is 0 Å². The number of esters is 8. The lowest BCUT2D eigenvalue weighted by Gasteiger charge is -2.19. The summed E-state index contributed by atoms with van der Waals surface area (Å²) in [6, 6.07) is 17.2. The number of carbonyl (C=O) groups excluding carboxylic acids is 16. The highest BCUT2D eigenvalue weighted by Gasteiger charge is 2.28. The Morgan fingerprint density at radius 2 is 0.839 bits per heavy atom. The number of hydrogen-bond acceptors (Lipinski definition) is 26. The van der Waals surface area contributed by atoms with Gasteiger partial charge in [0.1, 0.15) is 42.1 Å². The molecule has 31 heteroatoms. The fraction of sp³-hybridized carbons (Fsp3) is 0.481. The first-order chi connectivity index (χ1) is 52.8. The van der Waals surface area contributed by atoms with Crippen molar-refractivity contribution in [2.24, 2.45) is 11.8 Å². The number of ketones is 8. The Morgan fingerprint density at radius 3 is 1.19 bits per heavy atom. The first-order valence-corrected chi connectivity index (χ1v) is 37.6. The van der Waals surface area contributed by atoms with Crippen molar-refractivity contribution in [3.05, 3.63) is 157 Å². The van der Waals surface area contributed by atoms with E-state index in [4.69, 9.17) is 56.4 Å².